The number of hydrogen-bond donors (Lipinski definition) is 1. The molecular weight excluding hydrogens is 504 g/mol. The highest BCUT2D eigenvalue weighted by Gasteiger charge is 2.42. The average molecular weight is 532 g/mol. The molecule has 5 rings (SSSR count). The van der Waals surface area contributed by atoms with Crippen LogP contribution >= 0.6 is 28.1 Å². The molecule has 172 valence electrons. The number of aryl methyl sites for hydroxylation is 3. The second-order valence-corrected chi connectivity index (χ2v) is 10.3. The van der Waals surface area contributed by atoms with Gasteiger partial charge in [0.25, 0.3) is 0 Å². The van der Waals surface area contributed by atoms with E-state index in [1.54, 1.807) is 0 Å². The first-order chi connectivity index (χ1) is 16.3. The predicted molar refractivity (Wildman–Crippen MR) is 147 cm³/mol. The fourth-order valence-electron chi connectivity index (χ4n) is 5.11. The number of halogens is 1. The minimum absolute atomic E-state index is 0.0287. The number of benzene rings is 2. The molecule has 1 saturated heterocycles. The standard InChI is InChI=1S/C28H27BrN4S/c1-17-13-18(2)15-23(14-17)33-27(26(31-28(33)34)25-7-5-6-12-30-25)24-16-19(3)32(20(24)4)22-10-8-21(29)9-11-22/h5-16,26-27H,1-4H3,(H,31,34)/t26-,27-/m0/s1. The molecule has 0 unspecified atom stereocenters. The van der Waals surface area contributed by atoms with E-state index in [1.807, 2.05) is 18.3 Å². The van der Waals surface area contributed by atoms with Crippen LogP contribution in [0, 0.1) is 27.7 Å². The van der Waals surface area contributed by atoms with Gasteiger partial charge < -0.3 is 14.8 Å². The van der Waals surface area contributed by atoms with Crippen LogP contribution in [0.3, 0.4) is 0 Å². The number of nitrogens with one attached hydrogen (secondary N) is 1. The van der Waals surface area contributed by atoms with E-state index in [0.717, 1.165) is 26.7 Å². The number of nitrogens with zero attached hydrogens (tertiary/aromatic N) is 3. The third-order valence-corrected chi connectivity index (χ3v) is 7.30. The average Bonchev–Trinajstić information content (AvgIpc) is 3.30. The largest absolute Gasteiger partial charge is 0.351 e. The summed E-state index contributed by atoms with van der Waals surface area (Å²) >= 11 is 9.48. The maximum absolute atomic E-state index is 5.93. The first-order valence-corrected chi connectivity index (χ1v) is 12.6. The zero-order valence-corrected chi connectivity index (χ0v) is 22.1. The molecule has 3 heterocycles. The second kappa shape index (κ2) is 9.01. The van der Waals surface area contributed by atoms with Crippen LogP contribution in [0.4, 0.5) is 5.69 Å². The van der Waals surface area contributed by atoms with Gasteiger partial charge in [-0.15, -0.1) is 0 Å². The smallest absolute Gasteiger partial charge is 0.174 e. The van der Waals surface area contributed by atoms with Gasteiger partial charge in [0.1, 0.15) is 0 Å². The van der Waals surface area contributed by atoms with Crippen molar-refractivity contribution in [1.82, 2.24) is 14.9 Å². The van der Waals surface area contributed by atoms with Crippen LogP contribution in [0.1, 0.15) is 45.9 Å². The molecule has 2 aromatic carbocycles. The molecule has 0 saturated carbocycles. The van der Waals surface area contributed by atoms with Gasteiger partial charge in [0.2, 0.25) is 0 Å². The molecule has 0 radical (unpaired) electrons. The van der Waals surface area contributed by atoms with Gasteiger partial charge in [-0.25, -0.2) is 0 Å². The van der Waals surface area contributed by atoms with Crippen molar-refractivity contribution in [3.05, 3.63) is 111 Å². The molecule has 4 aromatic rings. The van der Waals surface area contributed by atoms with Crippen molar-refractivity contribution < 1.29 is 0 Å². The molecule has 1 aliphatic heterocycles. The fraction of sp³-hybridized carbons (Fsp3) is 0.214. The monoisotopic (exact) mass is 530 g/mol. The Hall–Kier alpha value is -2.96. The van der Waals surface area contributed by atoms with Crippen molar-refractivity contribution in [3.63, 3.8) is 0 Å². The molecule has 0 amide bonds. The number of thiocarbonyl (C=S) groups is 1. The Labute approximate surface area is 214 Å². The first kappa shape index (κ1) is 22.8. The summed E-state index contributed by atoms with van der Waals surface area (Å²) in [5.41, 5.74) is 9.30. The number of pyridine rings is 1. The molecule has 2 aromatic heterocycles. The molecule has 34 heavy (non-hydrogen) atoms. The highest BCUT2D eigenvalue weighted by atomic mass is 79.9. The minimum Gasteiger partial charge on any atom is -0.351 e. The molecule has 0 aliphatic carbocycles. The van der Waals surface area contributed by atoms with Crippen LogP contribution in [0.2, 0.25) is 0 Å². The van der Waals surface area contributed by atoms with Crippen molar-refractivity contribution in [2.75, 3.05) is 4.90 Å². The molecule has 6 heteroatoms. The Morgan fingerprint density at radius 1 is 0.882 bits per heavy atom. The van der Waals surface area contributed by atoms with Crippen LogP contribution in [-0.4, -0.2) is 14.7 Å². The molecule has 1 aliphatic rings. The Kier molecular flexibility index (Phi) is 6.04. The summed E-state index contributed by atoms with van der Waals surface area (Å²) in [7, 11) is 0. The van der Waals surface area contributed by atoms with E-state index >= 15 is 0 Å². The minimum atomic E-state index is -0.0617. The van der Waals surface area contributed by atoms with Gasteiger partial charge in [-0.05, 0) is 111 Å². The van der Waals surface area contributed by atoms with E-state index < -0.39 is 0 Å². The summed E-state index contributed by atoms with van der Waals surface area (Å²) in [6, 6.07) is 23.3. The molecule has 1 N–H and O–H groups in total. The topological polar surface area (TPSA) is 33.1 Å². The van der Waals surface area contributed by atoms with Crippen LogP contribution in [0.25, 0.3) is 5.69 Å². The van der Waals surface area contributed by atoms with Crippen molar-refractivity contribution in [1.29, 1.82) is 0 Å². The van der Waals surface area contributed by atoms with Crippen LogP contribution in [-0.2, 0) is 0 Å². The van der Waals surface area contributed by atoms with Crippen LogP contribution in [0.15, 0.2) is 77.4 Å². The predicted octanol–water partition coefficient (Wildman–Crippen LogP) is 7.05. The van der Waals surface area contributed by atoms with Crippen LogP contribution < -0.4 is 10.2 Å². The van der Waals surface area contributed by atoms with E-state index in [1.165, 1.54) is 28.1 Å². The summed E-state index contributed by atoms with van der Waals surface area (Å²) in [5, 5.41) is 4.31. The summed E-state index contributed by atoms with van der Waals surface area (Å²) in [5.74, 6) is 0. The lowest BCUT2D eigenvalue weighted by Crippen LogP contribution is -2.29. The number of aromatic nitrogens is 2. The second-order valence-electron chi connectivity index (χ2n) is 8.98. The van der Waals surface area contributed by atoms with E-state index in [0.29, 0.717) is 0 Å². The van der Waals surface area contributed by atoms with Gasteiger partial charge >= 0.3 is 0 Å². The molecule has 2 atom stereocenters. The maximum atomic E-state index is 5.93. The Balaban J connectivity index is 1.69. The summed E-state index contributed by atoms with van der Waals surface area (Å²) in [6.07, 6.45) is 1.85. The number of rotatable bonds is 4. The van der Waals surface area contributed by atoms with Gasteiger partial charge in [-0.3, -0.25) is 4.98 Å². The zero-order valence-electron chi connectivity index (χ0n) is 19.7. The Morgan fingerprint density at radius 2 is 1.59 bits per heavy atom. The van der Waals surface area contributed by atoms with E-state index in [4.69, 9.17) is 17.2 Å². The quantitative estimate of drug-likeness (QED) is 0.286. The first-order valence-electron chi connectivity index (χ1n) is 11.4. The number of anilines is 1. The molecule has 0 bridgehead atoms. The Morgan fingerprint density at radius 3 is 2.24 bits per heavy atom. The molecular formula is C28H27BrN4S. The Bertz CT molecular complexity index is 1340. The van der Waals surface area contributed by atoms with Gasteiger partial charge in [-0.1, -0.05) is 28.1 Å². The van der Waals surface area contributed by atoms with E-state index in [2.05, 4.69) is 113 Å². The van der Waals surface area contributed by atoms with Gasteiger partial charge in [0, 0.05) is 33.4 Å². The van der Waals surface area contributed by atoms with Crippen molar-refractivity contribution >= 4 is 38.9 Å². The third kappa shape index (κ3) is 4.05. The highest BCUT2D eigenvalue weighted by molar-refractivity contribution is 9.10. The lowest BCUT2D eigenvalue weighted by Gasteiger charge is -2.29. The lowest BCUT2D eigenvalue weighted by molar-refractivity contribution is 0.565. The SMILES string of the molecule is Cc1cc(C)cc(N2C(=S)N[C@@H](c3ccccn3)[C@@H]2c2cc(C)n(-c3ccc(Br)cc3)c2C)c1. The maximum Gasteiger partial charge on any atom is 0.174 e. The normalized spacial score (nSPS) is 17.8. The van der Waals surface area contributed by atoms with E-state index in [9.17, 15) is 0 Å². The van der Waals surface area contributed by atoms with Crippen molar-refractivity contribution in [2.45, 2.75) is 39.8 Å². The lowest BCUT2D eigenvalue weighted by atomic mass is 9.96. The van der Waals surface area contributed by atoms with Gasteiger partial charge in [0.15, 0.2) is 5.11 Å². The van der Waals surface area contributed by atoms with Crippen molar-refractivity contribution in [3.8, 4) is 5.69 Å². The molecule has 1 fully saturated rings. The number of hydrogen-bond acceptors (Lipinski definition) is 2. The van der Waals surface area contributed by atoms with Crippen LogP contribution in [0.5, 0.6) is 0 Å². The van der Waals surface area contributed by atoms with Crippen molar-refractivity contribution in [2.24, 2.45) is 0 Å². The molecule has 4 nitrogen and oxygen atoms in total. The summed E-state index contributed by atoms with van der Waals surface area (Å²) < 4.78 is 3.39. The zero-order chi connectivity index (χ0) is 24.0. The van der Waals surface area contributed by atoms with E-state index in [-0.39, 0.29) is 12.1 Å². The third-order valence-electron chi connectivity index (χ3n) is 6.46. The van der Waals surface area contributed by atoms with Gasteiger partial charge in [-0.2, -0.15) is 0 Å². The highest BCUT2D eigenvalue weighted by Crippen LogP contribution is 2.44. The molecule has 0 spiro atoms. The van der Waals surface area contributed by atoms with Gasteiger partial charge in [0.05, 0.1) is 17.8 Å². The summed E-state index contributed by atoms with van der Waals surface area (Å²) in [4.78, 5) is 6.97. The fourth-order valence-corrected chi connectivity index (χ4v) is 5.72. The summed E-state index contributed by atoms with van der Waals surface area (Å²) in [6.45, 7) is 8.62.